The van der Waals surface area contributed by atoms with E-state index in [1.165, 1.54) is 6.07 Å². The number of fused-ring (bicyclic) bond motifs is 1. The summed E-state index contributed by atoms with van der Waals surface area (Å²) in [6.07, 6.45) is 2.77. The van der Waals surface area contributed by atoms with Gasteiger partial charge in [-0.25, -0.2) is 4.21 Å². The number of hydrogen-bond donors (Lipinski definition) is 1. The number of non-ortho nitro benzene ring substituents is 1. The molecule has 0 saturated heterocycles. The van der Waals surface area contributed by atoms with Crippen LogP contribution in [0.4, 0.5) is 5.69 Å². The Hall–Kier alpha value is -1.69. The van der Waals surface area contributed by atoms with Crippen LogP contribution in [0, 0.1) is 10.1 Å². The number of nitro benzene ring substituents is 1. The quantitative estimate of drug-likeness (QED) is 0.681. The normalized spacial score (nSPS) is 18.1. The molecule has 1 N–H and O–H groups in total. The second-order valence-corrected chi connectivity index (χ2v) is 9.14. The maximum absolute atomic E-state index is 12.3. The van der Waals surface area contributed by atoms with E-state index in [9.17, 15) is 14.3 Å². The van der Waals surface area contributed by atoms with Gasteiger partial charge in [-0.3, -0.25) is 10.1 Å². The topological polar surface area (TPSA) is 72.2 Å². The van der Waals surface area contributed by atoms with Crippen LogP contribution in [0.15, 0.2) is 24.3 Å². The van der Waals surface area contributed by atoms with Crippen molar-refractivity contribution in [3.63, 3.8) is 0 Å². The first-order chi connectivity index (χ1) is 10.0. The van der Waals surface area contributed by atoms with Gasteiger partial charge in [0.1, 0.15) is 11.0 Å². The standard InChI is InChI=1S/C16H22N2O3S/c1-15(2,3)22(21)17-14-8-9-16(4,5)13-7-6-11(18(19)20)10-12(13)14/h6-8,10,17H,9H2,1-5H3/t22-/m1/s1. The lowest BCUT2D eigenvalue weighted by atomic mass is 9.75. The fourth-order valence-corrected chi connectivity index (χ4v) is 3.08. The Labute approximate surface area is 133 Å². The van der Waals surface area contributed by atoms with Crippen LogP contribution in [0.1, 0.15) is 52.2 Å². The molecule has 0 heterocycles. The zero-order valence-corrected chi connectivity index (χ0v) is 14.4. The molecule has 5 nitrogen and oxygen atoms in total. The summed E-state index contributed by atoms with van der Waals surface area (Å²) in [5, 5.41) is 11.0. The third kappa shape index (κ3) is 3.21. The highest BCUT2D eigenvalue weighted by Crippen LogP contribution is 2.39. The van der Waals surface area contributed by atoms with Crippen LogP contribution < -0.4 is 4.72 Å². The Bertz CT molecular complexity index is 672. The number of nitrogens with one attached hydrogen (secondary N) is 1. The zero-order chi connectivity index (χ0) is 16.7. The number of nitrogens with zero attached hydrogens (tertiary/aromatic N) is 1. The highest BCUT2D eigenvalue weighted by molar-refractivity contribution is 7.84. The molecule has 0 amide bonds. The monoisotopic (exact) mass is 322 g/mol. The lowest BCUT2D eigenvalue weighted by molar-refractivity contribution is -0.384. The highest BCUT2D eigenvalue weighted by atomic mass is 32.2. The Morgan fingerprint density at radius 3 is 2.50 bits per heavy atom. The van der Waals surface area contributed by atoms with E-state index in [0.29, 0.717) is 5.70 Å². The third-order valence-corrected chi connectivity index (χ3v) is 5.33. The van der Waals surface area contributed by atoms with E-state index in [1.807, 2.05) is 32.9 Å². The van der Waals surface area contributed by atoms with Gasteiger partial charge in [-0.05, 0) is 38.2 Å². The molecule has 1 aliphatic carbocycles. The molecule has 120 valence electrons. The third-order valence-electron chi connectivity index (χ3n) is 3.81. The Morgan fingerprint density at radius 2 is 1.95 bits per heavy atom. The molecule has 6 heteroatoms. The van der Waals surface area contributed by atoms with E-state index in [2.05, 4.69) is 18.6 Å². The molecule has 2 rings (SSSR count). The van der Waals surface area contributed by atoms with Gasteiger partial charge < -0.3 is 4.72 Å². The second-order valence-electron chi connectivity index (χ2n) is 7.18. The molecule has 0 spiro atoms. The summed E-state index contributed by atoms with van der Waals surface area (Å²) in [6, 6.07) is 4.90. The van der Waals surface area contributed by atoms with Gasteiger partial charge in [-0.1, -0.05) is 26.0 Å². The van der Waals surface area contributed by atoms with Crippen molar-refractivity contribution >= 4 is 22.4 Å². The van der Waals surface area contributed by atoms with Crippen molar-refractivity contribution in [3.05, 3.63) is 45.5 Å². The molecule has 0 aromatic heterocycles. The van der Waals surface area contributed by atoms with Crippen molar-refractivity contribution in [3.8, 4) is 0 Å². The van der Waals surface area contributed by atoms with Gasteiger partial charge in [0.05, 0.1) is 15.4 Å². The number of rotatable bonds is 3. The Balaban J connectivity index is 2.48. The zero-order valence-electron chi connectivity index (χ0n) is 13.6. The average Bonchev–Trinajstić information content (AvgIpc) is 2.40. The predicted molar refractivity (Wildman–Crippen MR) is 89.7 cm³/mol. The van der Waals surface area contributed by atoms with E-state index in [0.717, 1.165) is 17.5 Å². The number of allylic oxidation sites excluding steroid dienone is 1. The lowest BCUT2D eigenvalue weighted by Crippen LogP contribution is -2.34. The SMILES string of the molecule is CC1(C)CC=C(N[S@](=O)C(C)(C)C)c2cc([N+](=O)[O-])ccc21. The molecule has 22 heavy (non-hydrogen) atoms. The van der Waals surface area contributed by atoms with Gasteiger partial charge in [0, 0.05) is 17.7 Å². The summed E-state index contributed by atoms with van der Waals surface area (Å²) in [4.78, 5) is 10.6. The predicted octanol–water partition coefficient (Wildman–Crippen LogP) is 3.67. The first-order valence-corrected chi connectivity index (χ1v) is 8.35. The maximum atomic E-state index is 12.3. The number of hydrogen-bond acceptors (Lipinski definition) is 3. The molecular formula is C16H22N2O3S. The van der Waals surface area contributed by atoms with Crippen LogP contribution in [0.25, 0.3) is 5.70 Å². The minimum absolute atomic E-state index is 0.0469. The van der Waals surface area contributed by atoms with Gasteiger partial charge in [-0.2, -0.15) is 0 Å². The summed E-state index contributed by atoms with van der Waals surface area (Å²) >= 11 is 0. The van der Waals surface area contributed by atoms with Gasteiger partial charge in [0.2, 0.25) is 0 Å². The first-order valence-electron chi connectivity index (χ1n) is 7.20. The summed E-state index contributed by atoms with van der Waals surface area (Å²) in [5.74, 6) is 0. The molecule has 1 aromatic rings. The fraction of sp³-hybridized carbons (Fsp3) is 0.500. The number of benzene rings is 1. The first kappa shape index (κ1) is 16.7. The molecule has 1 atom stereocenters. The molecular weight excluding hydrogens is 300 g/mol. The van der Waals surface area contributed by atoms with Gasteiger partial charge in [-0.15, -0.1) is 0 Å². The van der Waals surface area contributed by atoms with Crippen LogP contribution >= 0.6 is 0 Å². The van der Waals surface area contributed by atoms with Crippen LogP contribution in [-0.4, -0.2) is 13.9 Å². The molecule has 1 aliphatic rings. The average molecular weight is 322 g/mol. The Morgan fingerprint density at radius 1 is 1.32 bits per heavy atom. The molecule has 0 radical (unpaired) electrons. The van der Waals surface area contributed by atoms with E-state index >= 15 is 0 Å². The molecule has 0 bridgehead atoms. The van der Waals surface area contributed by atoms with Crippen molar-refractivity contribution in [1.29, 1.82) is 0 Å². The van der Waals surface area contributed by atoms with Crippen molar-refractivity contribution in [2.24, 2.45) is 0 Å². The molecule has 0 fully saturated rings. The van der Waals surface area contributed by atoms with Gasteiger partial charge in [0.15, 0.2) is 0 Å². The molecule has 0 aliphatic heterocycles. The second kappa shape index (κ2) is 5.50. The van der Waals surface area contributed by atoms with E-state index in [-0.39, 0.29) is 11.1 Å². The van der Waals surface area contributed by atoms with Crippen molar-refractivity contribution in [2.75, 3.05) is 0 Å². The summed E-state index contributed by atoms with van der Waals surface area (Å²) in [6.45, 7) is 9.87. The van der Waals surface area contributed by atoms with Crippen molar-refractivity contribution in [1.82, 2.24) is 4.72 Å². The van der Waals surface area contributed by atoms with Gasteiger partial charge >= 0.3 is 0 Å². The fourth-order valence-electron chi connectivity index (χ4n) is 2.39. The Kier molecular flexibility index (Phi) is 4.17. The van der Waals surface area contributed by atoms with Crippen LogP contribution in [-0.2, 0) is 16.4 Å². The van der Waals surface area contributed by atoms with Crippen LogP contribution in [0.2, 0.25) is 0 Å². The van der Waals surface area contributed by atoms with E-state index in [4.69, 9.17) is 0 Å². The molecule has 0 saturated carbocycles. The van der Waals surface area contributed by atoms with Gasteiger partial charge in [0.25, 0.3) is 5.69 Å². The summed E-state index contributed by atoms with van der Waals surface area (Å²) < 4.78 is 15.0. The van der Waals surface area contributed by atoms with Crippen molar-refractivity contribution in [2.45, 2.75) is 51.2 Å². The molecule has 0 unspecified atom stereocenters. The minimum Gasteiger partial charge on any atom is -0.304 e. The minimum atomic E-state index is -1.27. The van der Waals surface area contributed by atoms with Crippen LogP contribution in [0.5, 0.6) is 0 Å². The van der Waals surface area contributed by atoms with E-state index in [1.54, 1.807) is 6.07 Å². The lowest BCUT2D eigenvalue weighted by Gasteiger charge is -2.32. The maximum Gasteiger partial charge on any atom is 0.270 e. The highest BCUT2D eigenvalue weighted by Gasteiger charge is 2.31. The largest absolute Gasteiger partial charge is 0.304 e. The summed E-state index contributed by atoms with van der Waals surface area (Å²) in [7, 11) is -1.27. The summed E-state index contributed by atoms with van der Waals surface area (Å²) in [5.41, 5.74) is 2.47. The van der Waals surface area contributed by atoms with E-state index < -0.39 is 20.7 Å². The smallest absolute Gasteiger partial charge is 0.270 e. The number of nitro groups is 1. The molecule has 1 aromatic carbocycles. The van der Waals surface area contributed by atoms with Crippen molar-refractivity contribution < 1.29 is 9.13 Å². The van der Waals surface area contributed by atoms with Crippen LogP contribution in [0.3, 0.4) is 0 Å².